The van der Waals surface area contributed by atoms with Crippen LogP contribution in [0.25, 0.3) is 0 Å². The Morgan fingerprint density at radius 2 is 1.71 bits per heavy atom. The Balaban J connectivity index is 0.000000233. The zero-order valence-corrected chi connectivity index (χ0v) is 18.0. The van der Waals surface area contributed by atoms with Gasteiger partial charge in [0.15, 0.2) is 18.0 Å². The highest BCUT2D eigenvalue weighted by molar-refractivity contribution is 5.94. The molecule has 3 aliphatic rings. The summed E-state index contributed by atoms with van der Waals surface area (Å²) in [6.07, 6.45) is 3.37. The average molecular weight is 434 g/mol. The lowest BCUT2D eigenvalue weighted by Crippen LogP contribution is -2.59. The fourth-order valence-electron chi connectivity index (χ4n) is 5.69. The zero-order valence-electron chi connectivity index (χ0n) is 18.0. The maximum absolute atomic E-state index is 11.8. The Labute approximate surface area is 181 Å². The lowest BCUT2D eigenvalue weighted by molar-refractivity contribution is -0.165. The largest absolute Gasteiger partial charge is 0.479 e. The number of carbonyl (C=O) groups is 3. The number of aliphatic carboxylic acids is 2. The number of nitrogens with zero attached hydrogens (tertiary/aromatic N) is 1. The van der Waals surface area contributed by atoms with Gasteiger partial charge in [-0.25, -0.2) is 9.59 Å². The van der Waals surface area contributed by atoms with E-state index in [-0.39, 0.29) is 5.78 Å². The molecule has 8 nitrogen and oxygen atoms in total. The van der Waals surface area contributed by atoms with E-state index in [1.54, 1.807) is 6.92 Å². The highest BCUT2D eigenvalue weighted by Gasteiger charge is 2.53. The van der Waals surface area contributed by atoms with Crippen LogP contribution < -0.4 is 0 Å². The van der Waals surface area contributed by atoms with Gasteiger partial charge in [-0.1, -0.05) is 25.0 Å². The molecule has 0 radical (unpaired) electrons. The number of piperidine rings is 1. The third-order valence-electron chi connectivity index (χ3n) is 7.33. The van der Waals surface area contributed by atoms with Gasteiger partial charge in [0, 0.05) is 17.0 Å². The minimum atomic E-state index is -2.27. The van der Waals surface area contributed by atoms with E-state index in [0.717, 1.165) is 17.5 Å². The molecule has 5 atom stereocenters. The fourth-order valence-corrected chi connectivity index (χ4v) is 5.69. The number of carbonyl (C=O) groups excluding carboxylic acids is 1. The summed E-state index contributed by atoms with van der Waals surface area (Å²) >= 11 is 0. The van der Waals surface area contributed by atoms with Crippen molar-refractivity contribution in [1.29, 1.82) is 0 Å². The third-order valence-corrected chi connectivity index (χ3v) is 7.33. The molecule has 170 valence electrons. The summed E-state index contributed by atoms with van der Waals surface area (Å²) in [5.74, 6) is -2.53. The van der Waals surface area contributed by atoms with Gasteiger partial charge in [-0.15, -0.1) is 0 Å². The van der Waals surface area contributed by atoms with Crippen LogP contribution in [0.1, 0.15) is 60.5 Å². The SMILES string of the molecule is CC(=O)c1ccc2c(c1)[C@@]13CCCC[C@H]1[C@@H](C2)N(C)CC3.O=C(O)[C@@H](O)[C@H](O)C(=O)O. The molecule has 1 aromatic rings. The molecule has 4 N–H and O–H groups in total. The van der Waals surface area contributed by atoms with E-state index in [1.165, 1.54) is 56.2 Å². The number of Topliss-reactive ketones (excluding diaryl/α,β-unsaturated/α-hetero) is 1. The topological polar surface area (TPSA) is 135 Å². The lowest BCUT2D eigenvalue weighted by Gasteiger charge is -2.58. The van der Waals surface area contributed by atoms with Crippen LogP contribution in [0, 0.1) is 5.92 Å². The van der Waals surface area contributed by atoms with Crippen LogP contribution >= 0.6 is 0 Å². The van der Waals surface area contributed by atoms with E-state index in [2.05, 4.69) is 24.1 Å². The molecule has 8 heteroatoms. The van der Waals surface area contributed by atoms with Gasteiger partial charge in [0.2, 0.25) is 0 Å². The number of likely N-dealkylation sites (N-methyl/N-ethyl adjacent to an activating group) is 1. The number of hydrogen-bond acceptors (Lipinski definition) is 6. The number of rotatable bonds is 4. The molecule has 2 fully saturated rings. The summed E-state index contributed by atoms with van der Waals surface area (Å²) < 4.78 is 0. The van der Waals surface area contributed by atoms with Crippen LogP contribution in [0.15, 0.2) is 18.2 Å². The molecule has 0 aromatic heterocycles. The number of aliphatic hydroxyl groups excluding tert-OH is 2. The molecule has 31 heavy (non-hydrogen) atoms. The normalized spacial score (nSPS) is 28.8. The van der Waals surface area contributed by atoms with E-state index in [0.29, 0.717) is 5.41 Å². The van der Waals surface area contributed by atoms with E-state index >= 15 is 0 Å². The van der Waals surface area contributed by atoms with Crippen molar-refractivity contribution in [3.8, 4) is 0 Å². The molecular weight excluding hydrogens is 402 g/mol. The van der Waals surface area contributed by atoms with Gasteiger partial charge >= 0.3 is 11.9 Å². The van der Waals surface area contributed by atoms with Crippen molar-refractivity contribution in [3.05, 3.63) is 34.9 Å². The Morgan fingerprint density at radius 1 is 1.06 bits per heavy atom. The maximum atomic E-state index is 11.8. The van der Waals surface area contributed by atoms with Crippen molar-refractivity contribution in [2.45, 2.75) is 69.1 Å². The number of benzene rings is 1. The van der Waals surface area contributed by atoms with Gasteiger partial charge in [-0.3, -0.25) is 4.79 Å². The summed E-state index contributed by atoms with van der Waals surface area (Å²) in [5, 5.41) is 32.5. The standard InChI is InChI=1S/C19H25NO.C4H6O6/c1-13(21)14-6-7-15-12-18-16-5-3-4-8-19(16,17(15)11-14)9-10-20(18)2;5-1(3(7)8)2(6)4(9)10/h6-7,11,16,18H,3-5,8-10,12H2,1-2H3;1-2,5-6H,(H,7,8)(H,9,10)/t16-,18+,19+;1-,2-/m00/s1. The molecule has 1 saturated heterocycles. The number of fused-ring (bicyclic) bond motifs is 1. The Hall–Kier alpha value is -2.29. The number of aliphatic hydroxyl groups is 2. The number of carboxylic acid groups (broad SMARTS) is 2. The molecule has 0 amide bonds. The molecule has 1 aliphatic heterocycles. The van der Waals surface area contributed by atoms with Crippen molar-refractivity contribution in [2.75, 3.05) is 13.6 Å². The molecular formula is C23H31NO7. The Kier molecular flexibility index (Phi) is 6.83. The van der Waals surface area contributed by atoms with Crippen LogP contribution in [0.3, 0.4) is 0 Å². The Bertz CT molecular complexity index is 851. The minimum absolute atomic E-state index is 0.205. The van der Waals surface area contributed by atoms with Gasteiger partial charge in [0.25, 0.3) is 0 Å². The molecule has 1 aromatic carbocycles. The van der Waals surface area contributed by atoms with Crippen LogP contribution in [0.2, 0.25) is 0 Å². The number of carboxylic acids is 2. The predicted octanol–water partition coefficient (Wildman–Crippen LogP) is 1.45. The molecule has 2 aliphatic carbocycles. The zero-order chi connectivity index (χ0) is 22.9. The molecule has 4 rings (SSSR count). The predicted molar refractivity (Wildman–Crippen MR) is 112 cm³/mol. The first-order chi connectivity index (χ1) is 14.6. The molecule has 0 spiro atoms. The van der Waals surface area contributed by atoms with Crippen LogP contribution in [-0.4, -0.2) is 74.9 Å². The van der Waals surface area contributed by atoms with Crippen LogP contribution in [-0.2, 0) is 21.4 Å². The van der Waals surface area contributed by atoms with E-state index in [9.17, 15) is 14.4 Å². The second-order valence-electron chi connectivity index (χ2n) is 9.00. The molecule has 1 saturated carbocycles. The average Bonchev–Trinajstić information content (AvgIpc) is 2.75. The first-order valence-corrected chi connectivity index (χ1v) is 10.7. The van der Waals surface area contributed by atoms with Gasteiger partial charge in [-0.2, -0.15) is 0 Å². The van der Waals surface area contributed by atoms with Crippen molar-refractivity contribution in [3.63, 3.8) is 0 Å². The van der Waals surface area contributed by atoms with Crippen molar-refractivity contribution in [2.24, 2.45) is 5.92 Å². The summed E-state index contributed by atoms with van der Waals surface area (Å²) in [7, 11) is 2.30. The maximum Gasteiger partial charge on any atom is 0.335 e. The van der Waals surface area contributed by atoms with Gasteiger partial charge < -0.3 is 25.3 Å². The summed E-state index contributed by atoms with van der Waals surface area (Å²) in [6, 6.07) is 7.24. The number of ketones is 1. The molecule has 2 bridgehead atoms. The van der Waals surface area contributed by atoms with E-state index in [4.69, 9.17) is 20.4 Å². The first kappa shape index (κ1) is 23.4. The van der Waals surface area contributed by atoms with Crippen molar-refractivity contribution in [1.82, 2.24) is 4.90 Å². The minimum Gasteiger partial charge on any atom is -0.479 e. The monoisotopic (exact) mass is 433 g/mol. The molecule has 0 unspecified atom stereocenters. The smallest absolute Gasteiger partial charge is 0.335 e. The second-order valence-corrected chi connectivity index (χ2v) is 9.00. The van der Waals surface area contributed by atoms with Crippen molar-refractivity contribution < 1.29 is 34.8 Å². The summed E-state index contributed by atoms with van der Waals surface area (Å²) in [6.45, 7) is 2.91. The summed E-state index contributed by atoms with van der Waals surface area (Å²) in [4.78, 5) is 33.9. The summed E-state index contributed by atoms with van der Waals surface area (Å²) in [5.41, 5.74) is 4.32. The number of hydrogen-bond donors (Lipinski definition) is 4. The van der Waals surface area contributed by atoms with E-state index in [1.807, 2.05) is 6.07 Å². The van der Waals surface area contributed by atoms with Crippen LogP contribution in [0.4, 0.5) is 0 Å². The van der Waals surface area contributed by atoms with E-state index < -0.39 is 24.1 Å². The lowest BCUT2D eigenvalue weighted by atomic mass is 9.52. The molecule has 1 heterocycles. The Morgan fingerprint density at radius 3 is 2.29 bits per heavy atom. The van der Waals surface area contributed by atoms with Gasteiger partial charge in [0.1, 0.15) is 0 Å². The second kappa shape index (κ2) is 9.06. The number of likely N-dealkylation sites (tertiary alicyclic amines) is 1. The fraction of sp³-hybridized carbons (Fsp3) is 0.609. The third kappa shape index (κ3) is 4.37. The quantitative estimate of drug-likeness (QED) is 0.524. The van der Waals surface area contributed by atoms with Crippen molar-refractivity contribution >= 4 is 17.7 Å². The van der Waals surface area contributed by atoms with Gasteiger partial charge in [-0.05, 0) is 69.3 Å². The highest BCUT2D eigenvalue weighted by Crippen LogP contribution is 2.55. The highest BCUT2D eigenvalue weighted by atomic mass is 16.4. The van der Waals surface area contributed by atoms with Gasteiger partial charge in [0.05, 0.1) is 0 Å². The van der Waals surface area contributed by atoms with Crippen LogP contribution in [0.5, 0.6) is 0 Å². The first-order valence-electron chi connectivity index (χ1n) is 10.7.